The summed E-state index contributed by atoms with van der Waals surface area (Å²) in [5.41, 5.74) is 0.638. The molecular weight excluding hydrogens is 322 g/mol. The van der Waals surface area contributed by atoms with E-state index in [9.17, 15) is 18.0 Å². The lowest BCUT2D eigenvalue weighted by Crippen LogP contribution is -2.42. The number of aliphatic carboxylic acids is 1. The third-order valence-electron chi connectivity index (χ3n) is 3.96. The Morgan fingerprint density at radius 3 is 2.65 bits per heavy atom. The first-order valence-corrected chi connectivity index (χ1v) is 8.63. The lowest BCUT2D eigenvalue weighted by molar-refractivity contribution is -0.142. The standard InChI is InChI=1S/C15H19NO6S/c1-10-5-6-11(15(19)22-2)8-13(10)23(20,21)16-7-3-4-12(9-16)14(17)18/h5-6,8,12H,3-4,7,9H2,1-2H3,(H,17,18). The lowest BCUT2D eigenvalue weighted by Gasteiger charge is -2.30. The molecule has 1 heterocycles. The summed E-state index contributed by atoms with van der Waals surface area (Å²) >= 11 is 0. The Morgan fingerprint density at radius 2 is 2.04 bits per heavy atom. The highest BCUT2D eigenvalue weighted by Gasteiger charge is 2.34. The van der Waals surface area contributed by atoms with Crippen LogP contribution in [0.1, 0.15) is 28.8 Å². The second-order valence-electron chi connectivity index (χ2n) is 5.51. The number of benzene rings is 1. The van der Waals surface area contributed by atoms with Crippen LogP contribution in [0.25, 0.3) is 0 Å². The first-order chi connectivity index (χ1) is 10.8. The van der Waals surface area contributed by atoms with Gasteiger partial charge >= 0.3 is 11.9 Å². The number of carbonyl (C=O) groups excluding carboxylic acids is 1. The Morgan fingerprint density at radius 1 is 1.35 bits per heavy atom. The molecule has 0 saturated carbocycles. The van der Waals surface area contributed by atoms with Gasteiger partial charge in [0.2, 0.25) is 10.0 Å². The summed E-state index contributed by atoms with van der Waals surface area (Å²) < 4.78 is 31.4. The van der Waals surface area contributed by atoms with Crippen LogP contribution in [-0.2, 0) is 19.6 Å². The van der Waals surface area contributed by atoms with E-state index in [2.05, 4.69) is 4.74 Å². The molecule has 1 N–H and O–H groups in total. The topological polar surface area (TPSA) is 101 Å². The number of rotatable bonds is 4. The molecule has 0 aliphatic carbocycles. The Labute approximate surface area is 134 Å². The van der Waals surface area contributed by atoms with Crippen molar-refractivity contribution in [1.29, 1.82) is 0 Å². The second-order valence-corrected chi connectivity index (χ2v) is 7.42. The van der Waals surface area contributed by atoms with Crippen LogP contribution in [0.3, 0.4) is 0 Å². The molecule has 1 atom stereocenters. The summed E-state index contributed by atoms with van der Waals surface area (Å²) in [7, 11) is -2.64. The van der Waals surface area contributed by atoms with Crippen LogP contribution in [0.5, 0.6) is 0 Å². The van der Waals surface area contributed by atoms with E-state index in [-0.39, 0.29) is 23.5 Å². The fourth-order valence-electron chi connectivity index (χ4n) is 2.62. The Balaban J connectivity index is 2.39. The highest BCUT2D eigenvalue weighted by atomic mass is 32.2. The molecule has 7 nitrogen and oxygen atoms in total. The molecular formula is C15H19NO6S. The molecule has 0 bridgehead atoms. The summed E-state index contributed by atoms with van der Waals surface area (Å²) in [5, 5.41) is 9.11. The van der Waals surface area contributed by atoms with Crippen molar-refractivity contribution in [3.05, 3.63) is 29.3 Å². The van der Waals surface area contributed by atoms with Gasteiger partial charge in [0, 0.05) is 13.1 Å². The van der Waals surface area contributed by atoms with Gasteiger partial charge in [-0.05, 0) is 37.5 Å². The minimum absolute atomic E-state index is 0.00596. The summed E-state index contributed by atoms with van der Waals surface area (Å²) in [6.07, 6.45) is 0.953. The number of carboxylic acid groups (broad SMARTS) is 1. The number of esters is 1. The molecule has 2 rings (SSSR count). The number of aryl methyl sites for hydroxylation is 1. The van der Waals surface area contributed by atoms with Crippen LogP contribution < -0.4 is 0 Å². The van der Waals surface area contributed by atoms with Gasteiger partial charge in [-0.1, -0.05) is 6.07 Å². The van der Waals surface area contributed by atoms with Crippen molar-refractivity contribution in [3.8, 4) is 0 Å². The van der Waals surface area contributed by atoms with Crippen molar-refractivity contribution >= 4 is 22.0 Å². The van der Waals surface area contributed by atoms with Crippen molar-refractivity contribution in [2.24, 2.45) is 5.92 Å². The number of hydrogen-bond acceptors (Lipinski definition) is 5. The van der Waals surface area contributed by atoms with Crippen molar-refractivity contribution in [3.63, 3.8) is 0 Å². The molecule has 1 unspecified atom stereocenters. The molecule has 8 heteroatoms. The Bertz CT molecular complexity index is 727. The molecule has 1 aliphatic heterocycles. The SMILES string of the molecule is COC(=O)c1ccc(C)c(S(=O)(=O)N2CCCC(C(=O)O)C2)c1. The second kappa shape index (κ2) is 6.67. The molecule has 1 aromatic carbocycles. The van der Waals surface area contributed by atoms with Gasteiger partial charge < -0.3 is 9.84 Å². The zero-order chi connectivity index (χ0) is 17.2. The van der Waals surface area contributed by atoms with Crippen molar-refractivity contribution in [1.82, 2.24) is 4.31 Å². The molecule has 0 spiro atoms. The minimum atomic E-state index is -3.86. The van der Waals surface area contributed by atoms with E-state index in [1.54, 1.807) is 6.92 Å². The third-order valence-corrected chi connectivity index (χ3v) is 5.97. The number of hydrogen-bond donors (Lipinski definition) is 1. The van der Waals surface area contributed by atoms with Gasteiger partial charge in [0.25, 0.3) is 0 Å². The number of nitrogens with zero attached hydrogens (tertiary/aromatic N) is 1. The zero-order valence-corrected chi connectivity index (χ0v) is 13.8. The van der Waals surface area contributed by atoms with Crippen LogP contribution in [0.4, 0.5) is 0 Å². The number of methoxy groups -OCH3 is 1. The zero-order valence-electron chi connectivity index (χ0n) is 13.0. The number of carbonyl (C=O) groups is 2. The molecule has 1 fully saturated rings. The highest BCUT2D eigenvalue weighted by Crippen LogP contribution is 2.26. The van der Waals surface area contributed by atoms with Crippen LogP contribution >= 0.6 is 0 Å². The third kappa shape index (κ3) is 3.53. The van der Waals surface area contributed by atoms with Crippen molar-refractivity contribution < 1.29 is 27.9 Å². The molecule has 23 heavy (non-hydrogen) atoms. The molecule has 0 aromatic heterocycles. The van der Waals surface area contributed by atoms with Gasteiger partial charge in [0.05, 0.1) is 23.5 Å². The van der Waals surface area contributed by atoms with Crippen LogP contribution in [0.2, 0.25) is 0 Å². The Hall–Kier alpha value is -1.93. The van der Waals surface area contributed by atoms with E-state index in [1.807, 2.05) is 0 Å². The average Bonchev–Trinajstić information content (AvgIpc) is 2.54. The van der Waals surface area contributed by atoms with Crippen molar-refractivity contribution in [2.45, 2.75) is 24.7 Å². The molecule has 0 radical (unpaired) electrons. The smallest absolute Gasteiger partial charge is 0.337 e. The summed E-state index contributed by atoms with van der Waals surface area (Å²) in [4.78, 5) is 22.7. The monoisotopic (exact) mass is 341 g/mol. The van der Waals surface area contributed by atoms with E-state index in [0.717, 1.165) is 0 Å². The van der Waals surface area contributed by atoms with Gasteiger partial charge in [-0.2, -0.15) is 4.31 Å². The predicted octanol–water partition coefficient (Wildman–Crippen LogP) is 1.27. The first kappa shape index (κ1) is 17.4. The number of piperidine rings is 1. The predicted molar refractivity (Wildman–Crippen MR) is 81.6 cm³/mol. The Kier molecular flexibility index (Phi) is 5.06. The summed E-state index contributed by atoms with van der Waals surface area (Å²) in [5.74, 6) is -2.32. The van der Waals surface area contributed by atoms with Crippen LogP contribution in [-0.4, -0.2) is 50.0 Å². The minimum Gasteiger partial charge on any atom is -0.481 e. The fourth-order valence-corrected chi connectivity index (χ4v) is 4.40. The van der Waals surface area contributed by atoms with E-state index in [4.69, 9.17) is 5.11 Å². The fraction of sp³-hybridized carbons (Fsp3) is 0.467. The first-order valence-electron chi connectivity index (χ1n) is 7.19. The maximum absolute atomic E-state index is 12.8. The molecule has 1 aromatic rings. The van der Waals surface area contributed by atoms with E-state index < -0.39 is 27.9 Å². The molecule has 1 aliphatic rings. The van der Waals surface area contributed by atoms with Crippen LogP contribution in [0.15, 0.2) is 23.1 Å². The maximum atomic E-state index is 12.8. The van der Waals surface area contributed by atoms with Gasteiger partial charge in [-0.3, -0.25) is 4.79 Å². The lowest BCUT2D eigenvalue weighted by atomic mass is 10.0. The molecule has 0 amide bonds. The summed E-state index contributed by atoms with van der Waals surface area (Å²) in [6.45, 7) is 1.85. The van der Waals surface area contributed by atoms with E-state index >= 15 is 0 Å². The number of ether oxygens (including phenoxy) is 1. The van der Waals surface area contributed by atoms with Crippen molar-refractivity contribution in [2.75, 3.05) is 20.2 Å². The van der Waals surface area contributed by atoms with Crippen LogP contribution in [0, 0.1) is 12.8 Å². The van der Waals surface area contributed by atoms with E-state index in [1.165, 1.54) is 29.6 Å². The molecule has 1 saturated heterocycles. The van der Waals surface area contributed by atoms with E-state index in [0.29, 0.717) is 18.4 Å². The molecule has 126 valence electrons. The maximum Gasteiger partial charge on any atom is 0.337 e. The van der Waals surface area contributed by atoms with Gasteiger partial charge in [0.15, 0.2) is 0 Å². The number of sulfonamides is 1. The van der Waals surface area contributed by atoms with Gasteiger partial charge in [0.1, 0.15) is 0 Å². The quantitative estimate of drug-likeness (QED) is 0.828. The number of carboxylic acids is 1. The van der Waals surface area contributed by atoms with Gasteiger partial charge in [-0.15, -0.1) is 0 Å². The van der Waals surface area contributed by atoms with Gasteiger partial charge in [-0.25, -0.2) is 13.2 Å². The summed E-state index contributed by atoms with van der Waals surface area (Å²) in [6, 6.07) is 4.31. The largest absolute Gasteiger partial charge is 0.481 e. The normalized spacial score (nSPS) is 19.3. The highest BCUT2D eigenvalue weighted by molar-refractivity contribution is 7.89. The average molecular weight is 341 g/mol.